The quantitative estimate of drug-likeness (QED) is 0.806. The molecule has 2 aliphatic heterocycles. The molecule has 94 valence electrons. The second-order valence-corrected chi connectivity index (χ2v) is 6.19. The van der Waals surface area contributed by atoms with Crippen LogP contribution in [0.25, 0.3) is 0 Å². The van der Waals surface area contributed by atoms with Crippen molar-refractivity contribution in [3.63, 3.8) is 0 Å². The molecule has 2 rings (SSSR count). The van der Waals surface area contributed by atoms with Gasteiger partial charge in [0.2, 0.25) is 0 Å². The Morgan fingerprint density at radius 1 is 1.50 bits per heavy atom. The molecule has 0 radical (unpaired) electrons. The molecule has 0 aromatic rings. The van der Waals surface area contributed by atoms with Crippen molar-refractivity contribution in [2.45, 2.75) is 38.0 Å². The number of rotatable bonds is 3. The number of nitrogens with zero attached hydrogens (tertiary/aromatic N) is 1. The number of thioether (sulfide) groups is 1. The first-order valence-electron chi connectivity index (χ1n) is 6.39. The van der Waals surface area contributed by atoms with Crippen LogP contribution in [0.15, 0.2) is 0 Å². The van der Waals surface area contributed by atoms with Gasteiger partial charge in [-0.2, -0.15) is 11.8 Å². The summed E-state index contributed by atoms with van der Waals surface area (Å²) in [5, 5.41) is 3.74. The Kier molecular flexibility index (Phi) is 4.95. The van der Waals surface area contributed by atoms with Gasteiger partial charge in [-0.1, -0.05) is 0 Å². The van der Waals surface area contributed by atoms with Crippen molar-refractivity contribution < 1.29 is 4.74 Å². The standard InChI is InChI=1S/C12H24N2OS/c1-10(12-8-14(2)5-6-15-12)13-11-4-3-7-16-9-11/h10-13H,3-9H2,1-2H3/t10-,11-,12+/m1/s1. The first-order chi connectivity index (χ1) is 7.75. The van der Waals surface area contributed by atoms with Crippen LogP contribution in [-0.2, 0) is 4.74 Å². The number of likely N-dealkylation sites (N-methyl/N-ethyl adjacent to an activating group) is 1. The molecule has 0 spiro atoms. The molecule has 2 saturated heterocycles. The summed E-state index contributed by atoms with van der Waals surface area (Å²) in [4.78, 5) is 2.36. The van der Waals surface area contributed by atoms with Gasteiger partial charge in [0, 0.05) is 30.9 Å². The molecule has 0 aromatic heterocycles. The first-order valence-corrected chi connectivity index (χ1v) is 7.55. The molecule has 2 heterocycles. The number of hydrogen-bond donors (Lipinski definition) is 1. The van der Waals surface area contributed by atoms with E-state index in [2.05, 4.69) is 35.9 Å². The van der Waals surface area contributed by atoms with Crippen molar-refractivity contribution in [1.82, 2.24) is 10.2 Å². The fourth-order valence-electron chi connectivity index (χ4n) is 2.46. The highest BCUT2D eigenvalue weighted by Gasteiger charge is 2.25. The maximum absolute atomic E-state index is 5.84. The largest absolute Gasteiger partial charge is 0.374 e. The first kappa shape index (κ1) is 12.7. The van der Waals surface area contributed by atoms with E-state index in [-0.39, 0.29) is 0 Å². The zero-order valence-corrected chi connectivity index (χ0v) is 11.3. The molecule has 16 heavy (non-hydrogen) atoms. The van der Waals surface area contributed by atoms with Crippen LogP contribution in [0.3, 0.4) is 0 Å². The van der Waals surface area contributed by atoms with Crippen LogP contribution >= 0.6 is 11.8 Å². The summed E-state index contributed by atoms with van der Waals surface area (Å²) >= 11 is 2.08. The van der Waals surface area contributed by atoms with Gasteiger partial charge in [0.25, 0.3) is 0 Å². The SMILES string of the molecule is C[C@@H](N[C@@H]1CCCSC1)[C@@H]1CN(C)CCO1. The second-order valence-electron chi connectivity index (χ2n) is 5.04. The van der Waals surface area contributed by atoms with Crippen molar-refractivity contribution >= 4 is 11.8 Å². The topological polar surface area (TPSA) is 24.5 Å². The summed E-state index contributed by atoms with van der Waals surface area (Å²) in [6.07, 6.45) is 3.06. The van der Waals surface area contributed by atoms with E-state index in [1.807, 2.05) is 0 Å². The van der Waals surface area contributed by atoms with E-state index < -0.39 is 0 Å². The highest BCUT2D eigenvalue weighted by Crippen LogP contribution is 2.18. The predicted molar refractivity (Wildman–Crippen MR) is 70.2 cm³/mol. The van der Waals surface area contributed by atoms with Crippen LogP contribution in [0.4, 0.5) is 0 Å². The van der Waals surface area contributed by atoms with Crippen molar-refractivity contribution in [3.05, 3.63) is 0 Å². The van der Waals surface area contributed by atoms with Crippen LogP contribution in [0.2, 0.25) is 0 Å². The van der Waals surface area contributed by atoms with E-state index in [1.54, 1.807) is 0 Å². The Balaban J connectivity index is 1.75. The van der Waals surface area contributed by atoms with Gasteiger partial charge in [-0.25, -0.2) is 0 Å². The molecule has 2 fully saturated rings. The lowest BCUT2D eigenvalue weighted by Crippen LogP contribution is -2.53. The fraction of sp³-hybridized carbons (Fsp3) is 1.00. The maximum atomic E-state index is 5.84. The summed E-state index contributed by atoms with van der Waals surface area (Å²) in [5.41, 5.74) is 0. The van der Waals surface area contributed by atoms with Crippen molar-refractivity contribution in [3.8, 4) is 0 Å². The minimum Gasteiger partial charge on any atom is -0.374 e. The second kappa shape index (κ2) is 6.24. The summed E-state index contributed by atoms with van der Waals surface area (Å²) in [6, 6.07) is 1.18. The molecule has 4 heteroatoms. The highest BCUT2D eigenvalue weighted by molar-refractivity contribution is 7.99. The fourth-order valence-corrected chi connectivity index (χ4v) is 3.55. The van der Waals surface area contributed by atoms with Gasteiger partial charge in [0.15, 0.2) is 0 Å². The molecule has 0 aliphatic carbocycles. The lowest BCUT2D eigenvalue weighted by Gasteiger charge is -2.36. The third-order valence-electron chi connectivity index (χ3n) is 3.51. The van der Waals surface area contributed by atoms with E-state index in [0.29, 0.717) is 18.2 Å². The monoisotopic (exact) mass is 244 g/mol. The van der Waals surface area contributed by atoms with Gasteiger partial charge >= 0.3 is 0 Å². The van der Waals surface area contributed by atoms with E-state index >= 15 is 0 Å². The van der Waals surface area contributed by atoms with Gasteiger partial charge in [0.1, 0.15) is 0 Å². The normalized spacial score (nSPS) is 34.9. The molecule has 1 N–H and O–H groups in total. The van der Waals surface area contributed by atoms with Crippen LogP contribution in [0.5, 0.6) is 0 Å². The van der Waals surface area contributed by atoms with Crippen LogP contribution in [0, 0.1) is 0 Å². The third kappa shape index (κ3) is 3.62. The molecular formula is C12H24N2OS. The number of hydrogen-bond acceptors (Lipinski definition) is 4. The van der Waals surface area contributed by atoms with Crippen molar-refractivity contribution in [2.75, 3.05) is 38.2 Å². The third-order valence-corrected chi connectivity index (χ3v) is 4.73. The highest BCUT2D eigenvalue weighted by atomic mass is 32.2. The van der Waals surface area contributed by atoms with Crippen molar-refractivity contribution in [2.24, 2.45) is 0 Å². The number of nitrogens with one attached hydrogen (secondary N) is 1. The molecule has 0 aromatic carbocycles. The molecule has 3 nitrogen and oxygen atoms in total. The van der Waals surface area contributed by atoms with Crippen molar-refractivity contribution in [1.29, 1.82) is 0 Å². The Morgan fingerprint density at radius 3 is 3.06 bits per heavy atom. The molecular weight excluding hydrogens is 220 g/mol. The van der Waals surface area contributed by atoms with Crippen LogP contribution in [-0.4, -0.2) is 61.3 Å². The molecule has 0 bridgehead atoms. The molecule has 0 amide bonds. The van der Waals surface area contributed by atoms with Gasteiger partial charge in [-0.15, -0.1) is 0 Å². The Hall–Kier alpha value is 0.230. The van der Waals surface area contributed by atoms with Crippen LogP contribution < -0.4 is 5.32 Å². The molecule has 0 saturated carbocycles. The Labute approximate surface area is 103 Å². The van der Waals surface area contributed by atoms with E-state index in [0.717, 1.165) is 19.7 Å². The minimum atomic E-state index is 0.366. The van der Waals surface area contributed by atoms with Gasteiger partial charge < -0.3 is 15.0 Å². The average Bonchev–Trinajstić information content (AvgIpc) is 2.30. The zero-order chi connectivity index (χ0) is 11.4. The minimum absolute atomic E-state index is 0.366. The van der Waals surface area contributed by atoms with E-state index in [1.165, 1.54) is 24.3 Å². The van der Waals surface area contributed by atoms with Crippen LogP contribution in [0.1, 0.15) is 19.8 Å². The smallest absolute Gasteiger partial charge is 0.0852 e. The summed E-state index contributed by atoms with van der Waals surface area (Å²) in [5.74, 6) is 2.61. The average molecular weight is 244 g/mol. The summed E-state index contributed by atoms with van der Waals surface area (Å²) in [7, 11) is 2.18. The molecule has 2 aliphatic rings. The summed E-state index contributed by atoms with van der Waals surface area (Å²) in [6.45, 7) is 5.28. The lowest BCUT2D eigenvalue weighted by atomic mass is 10.1. The van der Waals surface area contributed by atoms with E-state index in [4.69, 9.17) is 4.74 Å². The molecule has 3 atom stereocenters. The zero-order valence-electron chi connectivity index (χ0n) is 10.4. The maximum Gasteiger partial charge on any atom is 0.0852 e. The number of ether oxygens (including phenoxy) is 1. The van der Waals surface area contributed by atoms with Gasteiger partial charge in [0.05, 0.1) is 12.7 Å². The Morgan fingerprint density at radius 2 is 2.38 bits per heavy atom. The molecule has 0 unspecified atom stereocenters. The number of morpholine rings is 1. The predicted octanol–water partition coefficient (Wildman–Crippen LogP) is 1.19. The summed E-state index contributed by atoms with van der Waals surface area (Å²) < 4.78 is 5.84. The Bertz CT molecular complexity index is 209. The lowest BCUT2D eigenvalue weighted by molar-refractivity contribution is -0.0369. The van der Waals surface area contributed by atoms with Gasteiger partial charge in [-0.05, 0) is 32.6 Å². The van der Waals surface area contributed by atoms with Gasteiger partial charge in [-0.3, -0.25) is 0 Å². The van der Waals surface area contributed by atoms with E-state index in [9.17, 15) is 0 Å².